The Morgan fingerprint density at radius 1 is 1.33 bits per heavy atom. The molecule has 144 valence electrons. The lowest BCUT2D eigenvalue weighted by Crippen LogP contribution is -2.22. The van der Waals surface area contributed by atoms with Gasteiger partial charge < -0.3 is 0 Å². The van der Waals surface area contributed by atoms with E-state index < -0.39 is 17.4 Å². The normalized spacial score (nSPS) is 12.3. The van der Waals surface area contributed by atoms with Crippen LogP contribution >= 0.6 is 22.9 Å². The van der Waals surface area contributed by atoms with Gasteiger partial charge in [0, 0.05) is 22.9 Å². The number of carbonyl (C=O) groups excluding carboxylic acids is 1. The molecule has 0 N–H and O–H groups in total. The summed E-state index contributed by atoms with van der Waals surface area (Å²) in [6, 6.07) is 1.88. The number of aromatic nitrogens is 4. The van der Waals surface area contributed by atoms with E-state index in [9.17, 15) is 22.8 Å². The maximum atomic E-state index is 12.7. The average Bonchev–Trinajstić information content (AvgIpc) is 3.06. The van der Waals surface area contributed by atoms with Crippen LogP contribution in [-0.4, -0.2) is 24.9 Å². The first-order valence-corrected chi connectivity index (χ1v) is 9.05. The highest BCUT2D eigenvalue weighted by Gasteiger charge is 2.34. The van der Waals surface area contributed by atoms with Crippen LogP contribution in [-0.2, 0) is 12.7 Å². The number of hydrogen-bond acceptors (Lipinski definition) is 5. The highest BCUT2D eigenvalue weighted by molar-refractivity contribution is 7.17. The molecule has 6 nitrogen and oxygen atoms in total. The Kier molecular flexibility index (Phi) is 4.89. The van der Waals surface area contributed by atoms with E-state index in [1.807, 2.05) is 0 Å². The fourth-order valence-electron chi connectivity index (χ4n) is 2.56. The van der Waals surface area contributed by atoms with E-state index in [0.29, 0.717) is 15.9 Å². The van der Waals surface area contributed by atoms with E-state index in [2.05, 4.69) is 10.1 Å². The molecule has 0 aliphatic rings. The number of Topliss-reactive ketones (excluding diaryl/α,β-unsaturated/α-hetero) is 1. The first kappa shape index (κ1) is 19.6. The molecule has 3 aromatic heterocycles. The number of carbonyl (C=O) groups is 1. The van der Waals surface area contributed by atoms with Gasteiger partial charge in [-0.2, -0.15) is 18.3 Å². The SMILES string of the molecule is Cc1sc2nc(Cn3nc(C(F)(F)F)cc3Cl)cc(=O)n2c1C(=O)C(C)C. The Bertz CT molecular complexity index is 1100. The van der Waals surface area contributed by atoms with Gasteiger partial charge in [0.1, 0.15) is 10.8 Å². The number of hydrogen-bond donors (Lipinski definition) is 0. The molecule has 0 fully saturated rings. The Hall–Kier alpha value is -2.20. The largest absolute Gasteiger partial charge is 0.435 e. The van der Waals surface area contributed by atoms with Crippen molar-refractivity contribution in [1.82, 2.24) is 19.2 Å². The summed E-state index contributed by atoms with van der Waals surface area (Å²) in [6.45, 7) is 4.98. The average molecular weight is 419 g/mol. The number of nitrogens with zero attached hydrogens (tertiary/aromatic N) is 4. The van der Waals surface area contributed by atoms with E-state index in [1.54, 1.807) is 20.8 Å². The summed E-state index contributed by atoms with van der Waals surface area (Å²) in [5.41, 5.74) is -1.13. The number of fused-ring (bicyclic) bond motifs is 1. The summed E-state index contributed by atoms with van der Waals surface area (Å²) >= 11 is 6.98. The van der Waals surface area contributed by atoms with Crippen molar-refractivity contribution in [1.29, 1.82) is 0 Å². The predicted octanol–water partition coefficient (Wildman–Crippen LogP) is 3.82. The molecule has 0 atom stereocenters. The highest BCUT2D eigenvalue weighted by atomic mass is 35.5. The standard InChI is InChI=1S/C16H14ClF3N4O2S/c1-7(2)14(26)13-8(3)27-15-21-9(4-12(25)24(13)15)6-23-11(17)5-10(22-23)16(18,19)20/h4-5,7H,6H2,1-3H3. The van der Waals surface area contributed by atoms with E-state index >= 15 is 0 Å². The number of ketones is 1. The van der Waals surface area contributed by atoms with Gasteiger partial charge in [-0.25, -0.2) is 14.1 Å². The third-order valence-electron chi connectivity index (χ3n) is 3.83. The second-order valence-corrected chi connectivity index (χ2v) is 7.81. The lowest BCUT2D eigenvalue weighted by molar-refractivity contribution is -0.141. The van der Waals surface area contributed by atoms with Gasteiger partial charge in [-0.1, -0.05) is 25.4 Å². The van der Waals surface area contributed by atoms with Gasteiger partial charge in [-0.15, -0.1) is 11.3 Å². The van der Waals surface area contributed by atoms with Gasteiger partial charge >= 0.3 is 6.18 Å². The maximum absolute atomic E-state index is 12.7. The van der Waals surface area contributed by atoms with Crippen molar-refractivity contribution in [3.8, 4) is 0 Å². The van der Waals surface area contributed by atoms with Crippen molar-refractivity contribution in [2.24, 2.45) is 5.92 Å². The molecule has 0 amide bonds. The van der Waals surface area contributed by atoms with Gasteiger partial charge in [-0.05, 0) is 6.92 Å². The third-order valence-corrected chi connectivity index (χ3v) is 5.09. The van der Waals surface area contributed by atoms with Crippen molar-refractivity contribution in [2.75, 3.05) is 0 Å². The molecule has 0 saturated carbocycles. The van der Waals surface area contributed by atoms with Crippen LogP contribution in [0.4, 0.5) is 13.2 Å². The molecule has 0 spiro atoms. The van der Waals surface area contributed by atoms with Crippen LogP contribution in [0, 0.1) is 12.8 Å². The van der Waals surface area contributed by atoms with E-state index in [-0.39, 0.29) is 34.8 Å². The topological polar surface area (TPSA) is 69.3 Å². The van der Waals surface area contributed by atoms with E-state index in [4.69, 9.17) is 11.6 Å². The minimum absolute atomic E-state index is 0.180. The Labute approximate surface area is 160 Å². The van der Waals surface area contributed by atoms with Gasteiger partial charge in [0.15, 0.2) is 16.4 Å². The molecule has 3 aromatic rings. The summed E-state index contributed by atoms with van der Waals surface area (Å²) < 4.78 is 40.4. The molecule has 0 radical (unpaired) electrons. The van der Waals surface area contributed by atoms with Crippen molar-refractivity contribution < 1.29 is 18.0 Å². The molecule has 11 heteroatoms. The predicted molar refractivity (Wildman–Crippen MR) is 94.6 cm³/mol. The van der Waals surface area contributed by atoms with Crippen molar-refractivity contribution in [2.45, 2.75) is 33.5 Å². The van der Waals surface area contributed by atoms with Crippen LogP contribution in [0.1, 0.15) is 40.6 Å². The zero-order chi connectivity index (χ0) is 20.1. The van der Waals surface area contributed by atoms with Gasteiger partial charge in [0.25, 0.3) is 5.56 Å². The summed E-state index contributed by atoms with van der Waals surface area (Å²) in [7, 11) is 0. The van der Waals surface area contributed by atoms with Crippen LogP contribution in [0.15, 0.2) is 16.9 Å². The number of rotatable bonds is 4. The summed E-state index contributed by atoms with van der Waals surface area (Å²) in [5.74, 6) is -0.475. The summed E-state index contributed by atoms with van der Waals surface area (Å²) in [6.07, 6.45) is -4.62. The number of alkyl halides is 3. The molecule has 0 aliphatic heterocycles. The molecule has 3 rings (SSSR count). The number of halogens is 4. The third kappa shape index (κ3) is 3.63. The zero-order valence-corrected chi connectivity index (χ0v) is 16.0. The highest BCUT2D eigenvalue weighted by Crippen LogP contribution is 2.30. The second kappa shape index (κ2) is 6.75. The zero-order valence-electron chi connectivity index (χ0n) is 14.5. The number of thiazole rings is 1. The molecule has 0 unspecified atom stereocenters. The second-order valence-electron chi connectivity index (χ2n) is 6.24. The quantitative estimate of drug-likeness (QED) is 0.604. The lowest BCUT2D eigenvalue weighted by Gasteiger charge is -2.06. The summed E-state index contributed by atoms with van der Waals surface area (Å²) in [4.78, 5) is 30.2. The van der Waals surface area contributed by atoms with Crippen molar-refractivity contribution in [3.05, 3.63) is 49.6 Å². The van der Waals surface area contributed by atoms with E-state index in [1.165, 1.54) is 21.8 Å². The fourth-order valence-corrected chi connectivity index (χ4v) is 3.76. The Morgan fingerprint density at radius 2 is 2.00 bits per heavy atom. The molecular weight excluding hydrogens is 405 g/mol. The Balaban J connectivity index is 2.05. The minimum Gasteiger partial charge on any atom is -0.292 e. The van der Waals surface area contributed by atoms with Crippen LogP contribution in [0.2, 0.25) is 5.15 Å². The first-order valence-electron chi connectivity index (χ1n) is 7.86. The van der Waals surface area contributed by atoms with Crippen molar-refractivity contribution >= 4 is 33.7 Å². The van der Waals surface area contributed by atoms with Crippen LogP contribution in [0.5, 0.6) is 0 Å². The molecule has 0 saturated heterocycles. The molecule has 0 aromatic carbocycles. The van der Waals surface area contributed by atoms with Crippen LogP contribution < -0.4 is 5.56 Å². The fraction of sp³-hybridized carbons (Fsp3) is 0.375. The van der Waals surface area contributed by atoms with Gasteiger partial charge in [0.05, 0.1) is 12.2 Å². The minimum atomic E-state index is -4.62. The molecule has 0 aliphatic carbocycles. The van der Waals surface area contributed by atoms with Gasteiger partial charge in [-0.3, -0.25) is 9.59 Å². The smallest absolute Gasteiger partial charge is 0.292 e. The summed E-state index contributed by atoms with van der Waals surface area (Å²) in [5, 5.41) is 3.20. The Morgan fingerprint density at radius 3 is 2.56 bits per heavy atom. The first-order chi connectivity index (χ1) is 12.5. The maximum Gasteiger partial charge on any atom is 0.435 e. The van der Waals surface area contributed by atoms with Crippen LogP contribution in [0.3, 0.4) is 0 Å². The molecular formula is C16H14ClF3N4O2S. The van der Waals surface area contributed by atoms with Crippen LogP contribution in [0.25, 0.3) is 4.96 Å². The molecule has 27 heavy (non-hydrogen) atoms. The molecule has 0 bridgehead atoms. The van der Waals surface area contributed by atoms with Gasteiger partial charge in [0.2, 0.25) is 0 Å². The van der Waals surface area contributed by atoms with Crippen molar-refractivity contribution in [3.63, 3.8) is 0 Å². The lowest BCUT2D eigenvalue weighted by atomic mass is 10.1. The van der Waals surface area contributed by atoms with E-state index in [0.717, 1.165) is 4.68 Å². The number of aryl methyl sites for hydroxylation is 1. The monoisotopic (exact) mass is 418 g/mol. The molecule has 3 heterocycles.